The van der Waals surface area contributed by atoms with Crippen LogP contribution in [0.3, 0.4) is 0 Å². The lowest BCUT2D eigenvalue weighted by molar-refractivity contribution is -0.118. The van der Waals surface area contributed by atoms with Crippen LogP contribution in [0.1, 0.15) is 36.8 Å². The number of carbonyl (C=O) groups is 1. The van der Waals surface area contributed by atoms with Gasteiger partial charge in [0.05, 0.1) is 5.69 Å². The second-order valence-corrected chi connectivity index (χ2v) is 4.90. The van der Waals surface area contributed by atoms with E-state index in [-0.39, 0.29) is 5.91 Å². The topological polar surface area (TPSA) is 58.7 Å². The highest BCUT2D eigenvalue weighted by Gasteiger charge is 2.17. The van der Waals surface area contributed by atoms with E-state index in [9.17, 15) is 4.79 Å². The van der Waals surface area contributed by atoms with Crippen molar-refractivity contribution in [2.75, 3.05) is 11.6 Å². The molecule has 1 aliphatic rings. The molecule has 19 heavy (non-hydrogen) atoms. The van der Waals surface area contributed by atoms with Gasteiger partial charge in [0, 0.05) is 12.6 Å². The molecule has 0 saturated carbocycles. The Morgan fingerprint density at radius 3 is 2.89 bits per heavy atom. The largest absolute Gasteiger partial charge is 0.330 e. The van der Waals surface area contributed by atoms with Gasteiger partial charge < -0.3 is 5.73 Å². The van der Waals surface area contributed by atoms with Crippen molar-refractivity contribution in [3.8, 4) is 0 Å². The molecule has 0 fully saturated rings. The molecule has 1 aromatic carbocycles. The Morgan fingerprint density at radius 2 is 2.21 bits per heavy atom. The van der Waals surface area contributed by atoms with Crippen LogP contribution in [-0.4, -0.2) is 18.7 Å². The molecule has 0 aromatic heterocycles. The van der Waals surface area contributed by atoms with Gasteiger partial charge in [-0.05, 0) is 62.4 Å². The first-order chi connectivity index (χ1) is 9.22. The number of benzene rings is 1. The molecule has 0 spiro atoms. The summed E-state index contributed by atoms with van der Waals surface area (Å²) in [5.41, 5.74) is 8.91. The minimum absolute atomic E-state index is 0.0674. The third-order valence-electron chi connectivity index (χ3n) is 3.39. The highest BCUT2D eigenvalue weighted by atomic mass is 16.2. The van der Waals surface area contributed by atoms with Crippen molar-refractivity contribution >= 4 is 17.8 Å². The molecule has 1 aromatic rings. The number of amides is 1. The molecular formula is C15H21N3O. The van der Waals surface area contributed by atoms with Gasteiger partial charge in [-0.1, -0.05) is 6.07 Å². The van der Waals surface area contributed by atoms with Crippen molar-refractivity contribution in [2.45, 2.75) is 39.0 Å². The SMILES string of the molecule is Cc1cc(N2N=CCCC2=O)ccc1CCCCN. The monoisotopic (exact) mass is 259 g/mol. The molecule has 0 aliphatic carbocycles. The third kappa shape index (κ3) is 3.41. The summed E-state index contributed by atoms with van der Waals surface area (Å²) in [6, 6.07) is 6.11. The molecule has 2 N–H and O–H groups in total. The Bertz CT molecular complexity index is 482. The van der Waals surface area contributed by atoms with Gasteiger partial charge in [0.25, 0.3) is 0 Å². The maximum Gasteiger partial charge on any atom is 0.247 e. The van der Waals surface area contributed by atoms with Crippen LogP contribution in [0.15, 0.2) is 23.3 Å². The van der Waals surface area contributed by atoms with E-state index in [0.717, 1.165) is 37.9 Å². The van der Waals surface area contributed by atoms with Crippen LogP contribution < -0.4 is 10.7 Å². The Hall–Kier alpha value is -1.68. The molecule has 1 aliphatic heterocycles. The van der Waals surface area contributed by atoms with Crippen molar-refractivity contribution in [1.82, 2.24) is 0 Å². The van der Waals surface area contributed by atoms with E-state index in [1.165, 1.54) is 16.1 Å². The maximum absolute atomic E-state index is 11.8. The summed E-state index contributed by atoms with van der Waals surface area (Å²) in [4.78, 5) is 11.8. The van der Waals surface area contributed by atoms with Gasteiger partial charge in [0.2, 0.25) is 5.91 Å². The number of carbonyl (C=O) groups excluding carboxylic acids is 1. The van der Waals surface area contributed by atoms with Crippen molar-refractivity contribution in [1.29, 1.82) is 0 Å². The van der Waals surface area contributed by atoms with Gasteiger partial charge in [-0.25, -0.2) is 5.01 Å². The maximum atomic E-state index is 11.8. The number of rotatable bonds is 5. The van der Waals surface area contributed by atoms with Crippen LogP contribution in [0.2, 0.25) is 0 Å². The van der Waals surface area contributed by atoms with Crippen LogP contribution in [-0.2, 0) is 11.2 Å². The lowest BCUT2D eigenvalue weighted by atomic mass is 10.0. The highest BCUT2D eigenvalue weighted by Crippen LogP contribution is 2.23. The highest BCUT2D eigenvalue weighted by molar-refractivity contribution is 5.96. The number of anilines is 1. The van der Waals surface area contributed by atoms with E-state index in [1.54, 1.807) is 6.21 Å². The molecule has 2 rings (SSSR count). The minimum Gasteiger partial charge on any atom is -0.330 e. The molecule has 0 bridgehead atoms. The number of unbranched alkanes of at least 4 members (excludes halogenated alkanes) is 1. The Labute approximate surface area is 114 Å². The summed E-state index contributed by atoms with van der Waals surface area (Å²) in [5, 5.41) is 5.67. The molecule has 4 heteroatoms. The molecule has 0 saturated heterocycles. The van der Waals surface area contributed by atoms with Crippen LogP contribution in [0, 0.1) is 6.92 Å². The standard InChI is InChI=1S/C15H21N3O/c1-12-11-14(18-15(19)6-4-10-17-18)8-7-13(12)5-2-3-9-16/h7-8,10-11H,2-6,9,16H2,1H3. The number of hydrogen-bond donors (Lipinski definition) is 1. The summed E-state index contributed by atoms with van der Waals surface area (Å²) in [6.07, 6.45) is 6.28. The summed E-state index contributed by atoms with van der Waals surface area (Å²) in [7, 11) is 0. The Morgan fingerprint density at radius 1 is 1.37 bits per heavy atom. The first-order valence-corrected chi connectivity index (χ1v) is 6.87. The number of hydrazone groups is 1. The zero-order valence-electron chi connectivity index (χ0n) is 11.4. The number of hydrogen-bond acceptors (Lipinski definition) is 3. The first-order valence-electron chi connectivity index (χ1n) is 6.87. The van der Waals surface area contributed by atoms with E-state index < -0.39 is 0 Å². The molecule has 102 valence electrons. The van der Waals surface area contributed by atoms with Gasteiger partial charge in [0.1, 0.15) is 0 Å². The second kappa shape index (κ2) is 6.48. The zero-order chi connectivity index (χ0) is 13.7. The van der Waals surface area contributed by atoms with Gasteiger partial charge in [-0.3, -0.25) is 4.79 Å². The summed E-state index contributed by atoms with van der Waals surface area (Å²) >= 11 is 0. The number of aryl methyl sites for hydroxylation is 2. The van der Waals surface area contributed by atoms with Crippen molar-refractivity contribution in [3.05, 3.63) is 29.3 Å². The fraction of sp³-hybridized carbons (Fsp3) is 0.467. The number of nitrogens with two attached hydrogens (primary N) is 1. The van der Waals surface area contributed by atoms with Crippen molar-refractivity contribution < 1.29 is 4.79 Å². The fourth-order valence-electron chi connectivity index (χ4n) is 2.26. The average molecular weight is 259 g/mol. The Kier molecular flexibility index (Phi) is 4.68. The van der Waals surface area contributed by atoms with Gasteiger partial charge in [0.15, 0.2) is 0 Å². The summed E-state index contributed by atoms with van der Waals surface area (Å²) in [5.74, 6) is 0.0674. The molecular weight excluding hydrogens is 238 g/mol. The zero-order valence-corrected chi connectivity index (χ0v) is 11.4. The average Bonchev–Trinajstić information content (AvgIpc) is 2.41. The number of nitrogens with zero attached hydrogens (tertiary/aromatic N) is 2. The van der Waals surface area contributed by atoms with Crippen LogP contribution in [0.25, 0.3) is 0 Å². The third-order valence-corrected chi connectivity index (χ3v) is 3.39. The first kappa shape index (κ1) is 13.7. The van der Waals surface area contributed by atoms with Crippen molar-refractivity contribution in [2.24, 2.45) is 10.8 Å². The summed E-state index contributed by atoms with van der Waals surface area (Å²) in [6.45, 7) is 2.83. The fourth-order valence-corrected chi connectivity index (χ4v) is 2.26. The predicted molar refractivity (Wildman–Crippen MR) is 78.4 cm³/mol. The molecule has 0 radical (unpaired) electrons. The normalized spacial score (nSPS) is 15.1. The Balaban J connectivity index is 2.11. The van der Waals surface area contributed by atoms with E-state index in [0.29, 0.717) is 6.42 Å². The molecule has 0 unspecified atom stereocenters. The minimum atomic E-state index is 0.0674. The smallest absolute Gasteiger partial charge is 0.247 e. The van der Waals surface area contributed by atoms with E-state index in [1.807, 2.05) is 12.1 Å². The van der Waals surface area contributed by atoms with Gasteiger partial charge >= 0.3 is 0 Å². The lowest BCUT2D eigenvalue weighted by Crippen LogP contribution is -2.28. The molecule has 1 heterocycles. The quantitative estimate of drug-likeness (QED) is 0.825. The van der Waals surface area contributed by atoms with E-state index in [2.05, 4.69) is 18.1 Å². The van der Waals surface area contributed by atoms with Gasteiger partial charge in [-0.2, -0.15) is 5.10 Å². The van der Waals surface area contributed by atoms with Crippen LogP contribution in [0.5, 0.6) is 0 Å². The van der Waals surface area contributed by atoms with E-state index in [4.69, 9.17) is 5.73 Å². The van der Waals surface area contributed by atoms with Gasteiger partial charge in [-0.15, -0.1) is 0 Å². The lowest BCUT2D eigenvalue weighted by Gasteiger charge is -2.21. The van der Waals surface area contributed by atoms with Crippen LogP contribution in [0.4, 0.5) is 5.69 Å². The predicted octanol–water partition coefficient (Wildman–Crippen LogP) is 2.39. The molecule has 1 amide bonds. The summed E-state index contributed by atoms with van der Waals surface area (Å²) < 4.78 is 0. The van der Waals surface area contributed by atoms with Crippen molar-refractivity contribution in [3.63, 3.8) is 0 Å². The molecule has 4 nitrogen and oxygen atoms in total. The van der Waals surface area contributed by atoms with Crippen LogP contribution >= 0.6 is 0 Å². The van der Waals surface area contributed by atoms with E-state index >= 15 is 0 Å². The molecule has 0 atom stereocenters. The second-order valence-electron chi connectivity index (χ2n) is 4.90.